The first kappa shape index (κ1) is 33.5. The minimum Gasteiger partial charge on any atom is -0.433 e. The summed E-state index contributed by atoms with van der Waals surface area (Å²) in [5, 5.41) is 0.364. The number of carbonyl (C=O) groups excluding carboxylic acids is 2. The molecule has 1 amide bonds. The Morgan fingerprint density at radius 2 is 1.53 bits per heavy atom. The van der Waals surface area contributed by atoms with E-state index in [0.717, 1.165) is 36.4 Å². The van der Waals surface area contributed by atoms with Crippen LogP contribution in [0.15, 0.2) is 48.5 Å². The number of hydrogen-bond acceptors (Lipinski definition) is 5. The van der Waals surface area contributed by atoms with Gasteiger partial charge in [-0.25, -0.2) is 8.78 Å². The molecule has 3 aromatic carbocycles. The van der Waals surface area contributed by atoms with Crippen molar-refractivity contribution in [1.82, 2.24) is 0 Å². The number of alkyl halides is 11. The number of hydrogen-bond donors (Lipinski definition) is 1. The zero-order chi connectivity index (χ0) is 33.7. The molecule has 0 saturated heterocycles. The van der Waals surface area contributed by atoms with Crippen LogP contribution in [0, 0.1) is 5.82 Å². The largest absolute Gasteiger partial charge is 0.586 e. The van der Waals surface area contributed by atoms with Crippen LogP contribution < -0.4 is 19.5 Å². The first-order chi connectivity index (χ1) is 20.6. The molecule has 19 heteroatoms. The summed E-state index contributed by atoms with van der Waals surface area (Å²) in [7, 11) is 0. The summed E-state index contributed by atoms with van der Waals surface area (Å²) in [6, 6.07) is 5.10. The smallest absolute Gasteiger partial charge is 0.433 e. The fourth-order valence-corrected chi connectivity index (χ4v) is 4.31. The van der Waals surface area contributed by atoms with Crippen molar-refractivity contribution in [2.24, 2.45) is 0 Å². The van der Waals surface area contributed by atoms with Crippen LogP contribution in [0.4, 0.5) is 58.4 Å². The maximum Gasteiger partial charge on any atom is 0.586 e. The van der Waals surface area contributed by atoms with Crippen molar-refractivity contribution in [2.75, 3.05) is 5.32 Å². The summed E-state index contributed by atoms with van der Waals surface area (Å²) < 4.78 is 174. The molecule has 4 rings (SSSR count). The predicted molar refractivity (Wildman–Crippen MR) is 128 cm³/mol. The second-order valence-electron chi connectivity index (χ2n) is 9.03. The minimum atomic E-state index is -6.66. The average Bonchev–Trinajstić information content (AvgIpc) is 3.22. The number of nitrogens with one attached hydrogen (secondary N) is 1. The number of fused-ring (bicyclic) bond motifs is 1. The van der Waals surface area contributed by atoms with Crippen LogP contribution in [0.25, 0.3) is 0 Å². The molecule has 0 saturated carbocycles. The van der Waals surface area contributed by atoms with Gasteiger partial charge in [0.25, 0.3) is 5.91 Å². The molecule has 6 nitrogen and oxygen atoms in total. The van der Waals surface area contributed by atoms with E-state index in [2.05, 4.69) is 14.2 Å². The third-order valence-corrected chi connectivity index (χ3v) is 6.38. The second kappa shape index (κ2) is 11.5. The van der Waals surface area contributed by atoms with Crippen molar-refractivity contribution in [3.63, 3.8) is 0 Å². The number of ketones is 1. The lowest BCUT2D eigenvalue weighted by Crippen LogP contribution is -2.50. The van der Waals surface area contributed by atoms with Gasteiger partial charge in [0.15, 0.2) is 23.0 Å². The van der Waals surface area contributed by atoms with Gasteiger partial charge in [-0.1, -0.05) is 23.7 Å². The number of carbonyl (C=O) groups is 2. The van der Waals surface area contributed by atoms with Crippen LogP contribution in [-0.4, -0.2) is 36.9 Å². The van der Waals surface area contributed by atoms with Crippen molar-refractivity contribution in [2.45, 2.75) is 37.3 Å². The highest BCUT2D eigenvalue weighted by atomic mass is 35.5. The number of rotatable bonds is 8. The van der Waals surface area contributed by atoms with Gasteiger partial charge in [-0.15, -0.1) is 8.78 Å². The number of halogens is 13. The molecule has 1 heterocycles. The molecule has 3 aromatic rings. The molecular weight excluding hydrogens is 670 g/mol. The van der Waals surface area contributed by atoms with Crippen molar-refractivity contribution >= 4 is 29.0 Å². The van der Waals surface area contributed by atoms with Gasteiger partial charge < -0.3 is 19.5 Å². The Hall–Kier alpha value is -4.35. The Morgan fingerprint density at radius 3 is 2.13 bits per heavy atom. The van der Waals surface area contributed by atoms with Crippen LogP contribution >= 0.6 is 11.6 Å². The predicted octanol–water partition coefficient (Wildman–Crippen LogP) is 8.37. The highest BCUT2D eigenvalue weighted by molar-refractivity contribution is 6.34. The molecule has 0 radical (unpaired) electrons. The average molecular weight is 682 g/mol. The standard InChI is InChI=1S/C26H12ClF12NO5/c27-14-8-12(23(31,24(32,33)34)25(35,36)37)9-18(43-22(29)30)20(14)40-21(42)13-3-1-2-11(19(13)28)6-15(41)10-4-5-16-17(7-10)45-26(38,39)44-16/h1-5,7-9,22H,6H2,(H,40,42). The molecule has 45 heavy (non-hydrogen) atoms. The van der Waals surface area contributed by atoms with Crippen molar-refractivity contribution in [3.05, 3.63) is 81.6 Å². The lowest BCUT2D eigenvalue weighted by Gasteiger charge is -2.31. The number of benzene rings is 3. The SMILES string of the molecule is O=C(Cc1cccc(C(=O)Nc2c(Cl)cc(C(F)(C(F)(F)F)C(F)(F)F)cc2OC(F)F)c1F)c1ccc2c(c1)OC(F)(F)O2. The summed E-state index contributed by atoms with van der Waals surface area (Å²) in [4.78, 5) is 25.5. The molecule has 1 aliphatic heterocycles. The summed E-state index contributed by atoms with van der Waals surface area (Å²) in [6.45, 7) is -3.94. The Bertz CT molecular complexity index is 1640. The van der Waals surface area contributed by atoms with Crippen molar-refractivity contribution in [1.29, 1.82) is 0 Å². The highest BCUT2D eigenvalue weighted by Gasteiger charge is 2.73. The first-order valence-electron chi connectivity index (χ1n) is 11.8. The molecule has 0 spiro atoms. The molecule has 0 aliphatic carbocycles. The van der Waals surface area contributed by atoms with Gasteiger partial charge in [-0.3, -0.25) is 9.59 Å². The second-order valence-corrected chi connectivity index (χ2v) is 9.43. The van der Waals surface area contributed by atoms with Crippen molar-refractivity contribution in [3.8, 4) is 17.2 Å². The van der Waals surface area contributed by atoms with E-state index in [4.69, 9.17) is 11.6 Å². The van der Waals surface area contributed by atoms with Gasteiger partial charge in [-0.2, -0.15) is 35.1 Å². The summed E-state index contributed by atoms with van der Waals surface area (Å²) >= 11 is 5.68. The normalized spacial score (nSPS) is 14.4. The molecule has 0 unspecified atom stereocenters. The lowest BCUT2D eigenvalue weighted by atomic mass is 9.93. The maximum atomic E-state index is 15.3. The van der Waals surface area contributed by atoms with Gasteiger partial charge in [0.2, 0.25) is 0 Å². The Morgan fingerprint density at radius 1 is 0.911 bits per heavy atom. The maximum absolute atomic E-state index is 15.3. The van der Waals surface area contributed by atoms with E-state index in [0.29, 0.717) is 0 Å². The number of Topliss-reactive ketones (excluding diaryl/α,β-unsaturated/α-hetero) is 1. The molecule has 0 bridgehead atoms. The van der Waals surface area contributed by atoms with Crippen LogP contribution in [0.5, 0.6) is 17.2 Å². The Labute approximate surface area is 247 Å². The monoisotopic (exact) mass is 681 g/mol. The fraction of sp³-hybridized carbons (Fsp3) is 0.231. The third-order valence-electron chi connectivity index (χ3n) is 6.09. The number of ether oxygens (including phenoxy) is 3. The van der Waals surface area contributed by atoms with Crippen LogP contribution in [-0.2, 0) is 12.1 Å². The zero-order valence-electron chi connectivity index (χ0n) is 21.4. The quantitative estimate of drug-likeness (QED) is 0.191. The first-order valence-corrected chi connectivity index (χ1v) is 12.2. The molecule has 0 aromatic heterocycles. The van der Waals surface area contributed by atoms with Gasteiger partial charge >= 0.3 is 30.9 Å². The van der Waals surface area contributed by atoms with Gasteiger partial charge in [0, 0.05) is 17.5 Å². The lowest BCUT2D eigenvalue weighted by molar-refractivity contribution is -0.348. The molecule has 0 fully saturated rings. The summed E-state index contributed by atoms with van der Waals surface area (Å²) in [5.74, 6) is -6.38. The van der Waals surface area contributed by atoms with E-state index in [1.54, 1.807) is 5.32 Å². The van der Waals surface area contributed by atoms with Crippen molar-refractivity contribution < 1.29 is 76.5 Å². The Kier molecular flexibility index (Phi) is 8.60. The minimum absolute atomic E-state index is 0.244. The van der Waals surface area contributed by atoms with E-state index in [1.165, 1.54) is 0 Å². The van der Waals surface area contributed by atoms with Gasteiger partial charge in [0.1, 0.15) is 11.5 Å². The number of amides is 1. The van der Waals surface area contributed by atoms with Crippen LogP contribution in [0.1, 0.15) is 31.8 Å². The molecular formula is C26H12ClF12NO5. The third kappa shape index (κ3) is 6.55. The van der Waals surface area contributed by atoms with E-state index >= 15 is 4.39 Å². The van der Waals surface area contributed by atoms with Crippen LogP contribution in [0.2, 0.25) is 5.02 Å². The number of anilines is 1. The topological polar surface area (TPSA) is 73.9 Å². The molecule has 1 aliphatic rings. The van der Waals surface area contributed by atoms with Gasteiger partial charge in [-0.05, 0) is 42.0 Å². The van der Waals surface area contributed by atoms with E-state index in [1.807, 2.05) is 0 Å². The van der Waals surface area contributed by atoms with E-state index < -0.39 is 106 Å². The fourth-order valence-electron chi connectivity index (χ4n) is 4.05. The molecule has 0 atom stereocenters. The van der Waals surface area contributed by atoms with E-state index in [-0.39, 0.29) is 11.6 Å². The Balaban J connectivity index is 1.65. The van der Waals surface area contributed by atoms with Gasteiger partial charge in [0.05, 0.1) is 10.6 Å². The zero-order valence-corrected chi connectivity index (χ0v) is 22.1. The van der Waals surface area contributed by atoms with E-state index in [9.17, 15) is 57.9 Å². The molecule has 242 valence electrons. The van der Waals surface area contributed by atoms with Crippen LogP contribution in [0.3, 0.4) is 0 Å². The summed E-state index contributed by atoms with van der Waals surface area (Å²) in [6.07, 6.45) is -18.1. The summed E-state index contributed by atoms with van der Waals surface area (Å²) in [5.41, 5.74) is -11.3. The molecule has 1 N–H and O–H groups in total. The highest BCUT2D eigenvalue weighted by Crippen LogP contribution is 2.55.